The second-order valence-corrected chi connectivity index (χ2v) is 4.86. The highest BCUT2D eigenvalue weighted by Gasteiger charge is 2.15. The van der Waals surface area contributed by atoms with Crippen LogP contribution in [0.1, 0.15) is 34.8 Å². The lowest BCUT2D eigenvalue weighted by Crippen LogP contribution is -2.35. The first kappa shape index (κ1) is 12.6. The standard InChI is InChI=1S/C13H16BrNO2/c1-2-12(6-14)15-13(16)9-3-4-10-7-17-8-11(10)5-9/h3-5,12H,2,6-8H2,1H3,(H,15,16). The number of rotatable bonds is 4. The molecule has 0 aliphatic carbocycles. The zero-order valence-corrected chi connectivity index (χ0v) is 11.4. The fraction of sp³-hybridized carbons (Fsp3) is 0.462. The summed E-state index contributed by atoms with van der Waals surface area (Å²) in [6, 6.07) is 5.96. The Kier molecular flexibility index (Phi) is 4.18. The van der Waals surface area contributed by atoms with E-state index in [0.717, 1.165) is 17.3 Å². The van der Waals surface area contributed by atoms with Gasteiger partial charge in [-0.3, -0.25) is 4.79 Å². The zero-order valence-electron chi connectivity index (χ0n) is 9.83. The molecule has 0 radical (unpaired) electrons. The summed E-state index contributed by atoms with van der Waals surface area (Å²) in [5, 5.41) is 3.78. The van der Waals surface area contributed by atoms with E-state index in [1.165, 1.54) is 5.56 Å². The van der Waals surface area contributed by atoms with Gasteiger partial charge in [0.1, 0.15) is 0 Å². The van der Waals surface area contributed by atoms with Crippen molar-refractivity contribution in [3.05, 3.63) is 34.9 Å². The van der Waals surface area contributed by atoms with Crippen LogP contribution < -0.4 is 5.32 Å². The van der Waals surface area contributed by atoms with Crippen LogP contribution in [0.2, 0.25) is 0 Å². The van der Waals surface area contributed by atoms with Gasteiger partial charge in [0.2, 0.25) is 0 Å². The SMILES string of the molecule is CCC(CBr)NC(=O)c1ccc2c(c1)COC2. The van der Waals surface area contributed by atoms with E-state index in [1.54, 1.807) is 0 Å². The molecule has 0 fully saturated rings. The second-order valence-electron chi connectivity index (χ2n) is 4.21. The van der Waals surface area contributed by atoms with Gasteiger partial charge in [-0.2, -0.15) is 0 Å². The highest BCUT2D eigenvalue weighted by atomic mass is 79.9. The molecule has 17 heavy (non-hydrogen) atoms. The third-order valence-electron chi connectivity index (χ3n) is 3.00. The molecule has 0 spiro atoms. The van der Waals surface area contributed by atoms with Crippen LogP contribution in [0.5, 0.6) is 0 Å². The van der Waals surface area contributed by atoms with E-state index in [4.69, 9.17) is 4.74 Å². The number of hydrogen-bond donors (Lipinski definition) is 1. The van der Waals surface area contributed by atoms with Crippen molar-refractivity contribution in [2.45, 2.75) is 32.6 Å². The third kappa shape index (κ3) is 2.87. The summed E-state index contributed by atoms with van der Waals surface area (Å²) >= 11 is 3.39. The van der Waals surface area contributed by atoms with Crippen LogP contribution in [0.3, 0.4) is 0 Å². The molecule has 1 aromatic rings. The highest BCUT2D eigenvalue weighted by molar-refractivity contribution is 9.09. The average molecular weight is 298 g/mol. The normalized spacial score (nSPS) is 15.4. The topological polar surface area (TPSA) is 38.3 Å². The van der Waals surface area contributed by atoms with Crippen molar-refractivity contribution < 1.29 is 9.53 Å². The molecule has 1 aliphatic heterocycles. The number of halogens is 1. The number of benzene rings is 1. The van der Waals surface area contributed by atoms with E-state index in [-0.39, 0.29) is 11.9 Å². The fourth-order valence-electron chi connectivity index (χ4n) is 1.83. The Bertz CT molecular complexity index is 416. The third-order valence-corrected chi connectivity index (χ3v) is 3.78. The highest BCUT2D eigenvalue weighted by Crippen LogP contribution is 2.20. The first-order valence-electron chi connectivity index (χ1n) is 5.81. The summed E-state index contributed by atoms with van der Waals surface area (Å²) in [5.74, 6) is -0.00833. The summed E-state index contributed by atoms with van der Waals surface area (Å²) in [6.07, 6.45) is 0.922. The van der Waals surface area contributed by atoms with E-state index in [0.29, 0.717) is 18.8 Å². The minimum atomic E-state index is -0.00833. The number of ether oxygens (including phenoxy) is 1. The van der Waals surface area contributed by atoms with Crippen molar-refractivity contribution in [1.82, 2.24) is 5.32 Å². The maximum atomic E-state index is 12.0. The van der Waals surface area contributed by atoms with Crippen LogP contribution >= 0.6 is 15.9 Å². The quantitative estimate of drug-likeness (QED) is 0.868. The zero-order chi connectivity index (χ0) is 12.3. The molecule has 4 heteroatoms. The van der Waals surface area contributed by atoms with Gasteiger partial charge in [0.15, 0.2) is 0 Å². The number of nitrogens with one attached hydrogen (secondary N) is 1. The lowest BCUT2D eigenvalue weighted by atomic mass is 10.1. The largest absolute Gasteiger partial charge is 0.372 e. The molecule has 1 unspecified atom stereocenters. The van der Waals surface area contributed by atoms with Crippen LogP contribution in [0.15, 0.2) is 18.2 Å². The molecule has 0 aromatic heterocycles. The van der Waals surface area contributed by atoms with Crippen LogP contribution in [0, 0.1) is 0 Å². The van der Waals surface area contributed by atoms with E-state index < -0.39 is 0 Å². The summed E-state index contributed by atoms with van der Waals surface area (Å²) in [4.78, 5) is 12.0. The summed E-state index contributed by atoms with van der Waals surface area (Å²) in [6.45, 7) is 3.34. The molecule has 92 valence electrons. The number of carbonyl (C=O) groups is 1. The van der Waals surface area contributed by atoms with Gasteiger partial charge < -0.3 is 10.1 Å². The van der Waals surface area contributed by atoms with E-state index in [2.05, 4.69) is 28.2 Å². The van der Waals surface area contributed by atoms with Crippen molar-refractivity contribution in [3.63, 3.8) is 0 Å². The Morgan fingerprint density at radius 1 is 1.47 bits per heavy atom. The minimum absolute atomic E-state index is 0.00833. The van der Waals surface area contributed by atoms with Crippen LogP contribution in [-0.4, -0.2) is 17.3 Å². The second kappa shape index (κ2) is 5.65. The molecule has 1 amide bonds. The number of hydrogen-bond acceptors (Lipinski definition) is 2. The van der Waals surface area contributed by atoms with E-state index in [9.17, 15) is 4.79 Å². The van der Waals surface area contributed by atoms with Crippen molar-refractivity contribution in [1.29, 1.82) is 0 Å². The first-order chi connectivity index (χ1) is 8.24. The molecule has 0 bridgehead atoms. The lowest BCUT2D eigenvalue weighted by Gasteiger charge is -2.14. The van der Waals surface area contributed by atoms with Crippen LogP contribution in [-0.2, 0) is 18.0 Å². The van der Waals surface area contributed by atoms with Gasteiger partial charge in [-0.1, -0.05) is 28.9 Å². The van der Waals surface area contributed by atoms with Gasteiger partial charge >= 0.3 is 0 Å². The molecule has 1 atom stereocenters. The average Bonchev–Trinajstić information content (AvgIpc) is 2.82. The van der Waals surface area contributed by atoms with Crippen LogP contribution in [0.25, 0.3) is 0 Å². The summed E-state index contributed by atoms with van der Waals surface area (Å²) in [5.41, 5.74) is 3.03. The minimum Gasteiger partial charge on any atom is -0.372 e. The Labute approximate surface area is 110 Å². The Morgan fingerprint density at radius 3 is 2.94 bits per heavy atom. The maximum Gasteiger partial charge on any atom is 0.251 e. The van der Waals surface area contributed by atoms with Crippen molar-refractivity contribution in [2.24, 2.45) is 0 Å². The molecule has 3 nitrogen and oxygen atoms in total. The Morgan fingerprint density at radius 2 is 2.24 bits per heavy atom. The molecule has 1 aromatic carbocycles. The van der Waals surface area contributed by atoms with Gasteiger partial charge in [0.25, 0.3) is 5.91 Å². The first-order valence-corrected chi connectivity index (χ1v) is 6.93. The molecule has 1 N–H and O–H groups in total. The predicted molar refractivity (Wildman–Crippen MR) is 70.3 cm³/mol. The van der Waals surface area contributed by atoms with Crippen LogP contribution in [0.4, 0.5) is 0 Å². The fourth-order valence-corrected chi connectivity index (χ4v) is 2.45. The molecule has 0 saturated heterocycles. The van der Waals surface area contributed by atoms with E-state index in [1.807, 2.05) is 18.2 Å². The van der Waals surface area contributed by atoms with Crippen molar-refractivity contribution in [2.75, 3.05) is 5.33 Å². The number of amides is 1. The monoisotopic (exact) mass is 297 g/mol. The maximum absolute atomic E-state index is 12.0. The van der Waals surface area contributed by atoms with Crippen molar-refractivity contribution >= 4 is 21.8 Å². The number of carbonyl (C=O) groups excluding carboxylic acids is 1. The summed E-state index contributed by atoms with van der Waals surface area (Å²) in [7, 11) is 0. The van der Waals surface area contributed by atoms with E-state index >= 15 is 0 Å². The molecular formula is C13H16BrNO2. The lowest BCUT2D eigenvalue weighted by molar-refractivity contribution is 0.0940. The van der Waals surface area contributed by atoms with Gasteiger partial charge in [0.05, 0.1) is 13.2 Å². The van der Waals surface area contributed by atoms with Gasteiger partial charge in [-0.15, -0.1) is 0 Å². The number of alkyl halides is 1. The Balaban J connectivity index is 2.09. The Hall–Kier alpha value is -0.870. The molecule has 2 rings (SSSR count). The summed E-state index contributed by atoms with van der Waals surface area (Å²) < 4.78 is 5.33. The predicted octanol–water partition coefficient (Wildman–Crippen LogP) is 2.62. The molecular weight excluding hydrogens is 282 g/mol. The van der Waals surface area contributed by atoms with Gasteiger partial charge in [0, 0.05) is 16.9 Å². The van der Waals surface area contributed by atoms with Gasteiger partial charge in [-0.25, -0.2) is 0 Å². The number of fused-ring (bicyclic) bond motifs is 1. The molecule has 1 heterocycles. The van der Waals surface area contributed by atoms with Crippen molar-refractivity contribution in [3.8, 4) is 0 Å². The molecule has 0 saturated carbocycles. The van der Waals surface area contributed by atoms with Gasteiger partial charge in [-0.05, 0) is 29.7 Å². The molecule has 1 aliphatic rings. The smallest absolute Gasteiger partial charge is 0.251 e.